The second-order valence-electron chi connectivity index (χ2n) is 6.23. The van der Waals surface area contributed by atoms with E-state index in [0.29, 0.717) is 44.0 Å². The zero-order valence-corrected chi connectivity index (χ0v) is 18.9. The molecule has 1 heterocycles. The van der Waals surface area contributed by atoms with E-state index in [1.54, 1.807) is 23.1 Å². The number of fused-ring (bicyclic) bond motifs is 1. The lowest BCUT2D eigenvalue weighted by Crippen LogP contribution is -2.31. The second kappa shape index (κ2) is 9.76. The Morgan fingerprint density at radius 1 is 1.07 bits per heavy atom. The summed E-state index contributed by atoms with van der Waals surface area (Å²) in [5.41, 5.74) is 1.51. The van der Waals surface area contributed by atoms with Crippen LogP contribution in [0.15, 0.2) is 28.3 Å². The summed E-state index contributed by atoms with van der Waals surface area (Å²) in [4.78, 5) is 19.0. The van der Waals surface area contributed by atoms with Crippen molar-refractivity contribution in [3.05, 3.63) is 18.2 Å². The Balaban J connectivity index is 2.36. The summed E-state index contributed by atoms with van der Waals surface area (Å²) in [5, 5.41) is 0.732. The van der Waals surface area contributed by atoms with E-state index in [2.05, 4.69) is 4.98 Å². The van der Waals surface area contributed by atoms with E-state index in [1.165, 1.54) is 16.1 Å². The lowest BCUT2D eigenvalue weighted by Gasteiger charge is -2.18. The molecule has 28 heavy (non-hydrogen) atoms. The van der Waals surface area contributed by atoms with E-state index in [4.69, 9.17) is 0 Å². The van der Waals surface area contributed by atoms with Crippen LogP contribution in [0, 0.1) is 0 Å². The highest BCUT2D eigenvalue weighted by molar-refractivity contribution is 7.99. The number of aromatic nitrogens is 2. The van der Waals surface area contributed by atoms with E-state index >= 15 is 0 Å². The maximum absolute atomic E-state index is 12.8. The van der Waals surface area contributed by atoms with Gasteiger partial charge in [0, 0.05) is 32.7 Å². The van der Waals surface area contributed by atoms with Crippen molar-refractivity contribution >= 4 is 38.7 Å². The molecule has 1 amide bonds. The predicted octanol–water partition coefficient (Wildman–Crippen LogP) is 3.05. The third-order valence-corrected chi connectivity index (χ3v) is 7.79. The molecule has 0 fully saturated rings. The van der Waals surface area contributed by atoms with Gasteiger partial charge in [0.15, 0.2) is 5.16 Å². The van der Waals surface area contributed by atoms with Gasteiger partial charge in [-0.1, -0.05) is 25.6 Å². The largest absolute Gasteiger partial charge is 0.343 e. The minimum absolute atomic E-state index is 0.0782. The molecular weight excluding hydrogens is 396 g/mol. The monoisotopic (exact) mass is 426 g/mol. The van der Waals surface area contributed by atoms with Gasteiger partial charge in [-0.05, 0) is 39.0 Å². The van der Waals surface area contributed by atoms with Gasteiger partial charge in [0.1, 0.15) is 0 Å². The van der Waals surface area contributed by atoms with Crippen LogP contribution in [-0.2, 0) is 21.4 Å². The standard InChI is InChI=1S/C19H30N4O3S2/c1-6-21(7-2)18(24)14-27-19-20-16-13-15(11-12-17(16)23(19)10-5)28(25,26)22(8-3)9-4/h11-13H,6-10,14H2,1-5H3. The molecule has 1 aromatic heterocycles. The zero-order chi connectivity index (χ0) is 20.9. The number of imidazole rings is 1. The number of benzene rings is 1. The molecule has 0 spiro atoms. The number of aryl methyl sites for hydroxylation is 1. The van der Waals surface area contributed by atoms with Gasteiger partial charge < -0.3 is 9.47 Å². The van der Waals surface area contributed by atoms with E-state index in [9.17, 15) is 13.2 Å². The Labute approximate surface area is 172 Å². The second-order valence-corrected chi connectivity index (χ2v) is 9.11. The Hall–Kier alpha value is -1.58. The number of amides is 1. The first-order chi connectivity index (χ1) is 13.3. The predicted molar refractivity (Wildman–Crippen MR) is 114 cm³/mol. The average molecular weight is 427 g/mol. The van der Waals surface area contributed by atoms with Crippen molar-refractivity contribution in [3.63, 3.8) is 0 Å². The van der Waals surface area contributed by atoms with Crippen LogP contribution in [0.2, 0.25) is 0 Å². The van der Waals surface area contributed by atoms with Crippen molar-refractivity contribution in [2.24, 2.45) is 0 Å². The SMILES string of the molecule is CCN(CC)C(=O)CSc1nc2cc(S(=O)(=O)N(CC)CC)ccc2n1CC. The maximum atomic E-state index is 12.8. The Morgan fingerprint density at radius 2 is 1.71 bits per heavy atom. The lowest BCUT2D eigenvalue weighted by molar-refractivity contribution is -0.127. The molecule has 0 saturated carbocycles. The highest BCUT2D eigenvalue weighted by atomic mass is 32.2. The van der Waals surface area contributed by atoms with Crippen LogP contribution in [0.5, 0.6) is 0 Å². The first kappa shape index (κ1) is 22.7. The van der Waals surface area contributed by atoms with E-state index in [0.717, 1.165) is 10.7 Å². The third-order valence-electron chi connectivity index (χ3n) is 4.78. The summed E-state index contributed by atoms with van der Waals surface area (Å²) in [6, 6.07) is 5.07. The first-order valence-electron chi connectivity index (χ1n) is 9.74. The van der Waals surface area contributed by atoms with Crippen LogP contribution in [0.25, 0.3) is 11.0 Å². The van der Waals surface area contributed by atoms with Crippen LogP contribution in [0.1, 0.15) is 34.6 Å². The van der Waals surface area contributed by atoms with Crippen molar-refractivity contribution in [2.45, 2.75) is 51.2 Å². The molecule has 2 aromatic rings. The molecule has 7 nitrogen and oxygen atoms in total. The summed E-state index contributed by atoms with van der Waals surface area (Å²) in [6.45, 7) is 12.5. The average Bonchev–Trinajstić information content (AvgIpc) is 3.04. The summed E-state index contributed by atoms with van der Waals surface area (Å²) in [5.74, 6) is 0.393. The van der Waals surface area contributed by atoms with Crippen LogP contribution in [0.4, 0.5) is 0 Å². The number of carbonyl (C=O) groups excluding carboxylic acids is 1. The molecule has 0 aliphatic heterocycles. The molecule has 0 aliphatic rings. The number of carbonyl (C=O) groups is 1. The smallest absolute Gasteiger partial charge is 0.243 e. The summed E-state index contributed by atoms with van der Waals surface area (Å²) in [6.07, 6.45) is 0. The zero-order valence-electron chi connectivity index (χ0n) is 17.3. The molecule has 0 N–H and O–H groups in total. The highest BCUT2D eigenvalue weighted by Gasteiger charge is 2.23. The molecule has 156 valence electrons. The Morgan fingerprint density at radius 3 is 2.25 bits per heavy atom. The van der Waals surface area contributed by atoms with Crippen LogP contribution >= 0.6 is 11.8 Å². The summed E-state index contributed by atoms with van der Waals surface area (Å²) < 4.78 is 29.0. The van der Waals surface area contributed by atoms with Crippen molar-refractivity contribution < 1.29 is 13.2 Å². The number of sulfonamides is 1. The van der Waals surface area contributed by atoms with E-state index in [1.807, 2.05) is 39.2 Å². The number of thioether (sulfide) groups is 1. The van der Waals surface area contributed by atoms with Gasteiger partial charge in [-0.25, -0.2) is 13.4 Å². The molecule has 2 rings (SSSR count). The van der Waals surface area contributed by atoms with Gasteiger partial charge in [-0.3, -0.25) is 4.79 Å². The topological polar surface area (TPSA) is 75.5 Å². The molecule has 9 heteroatoms. The molecule has 0 bridgehead atoms. The van der Waals surface area contributed by atoms with Gasteiger partial charge in [-0.2, -0.15) is 4.31 Å². The van der Waals surface area contributed by atoms with Gasteiger partial charge in [0.25, 0.3) is 0 Å². The van der Waals surface area contributed by atoms with Crippen molar-refractivity contribution in [1.29, 1.82) is 0 Å². The van der Waals surface area contributed by atoms with Gasteiger partial charge in [-0.15, -0.1) is 0 Å². The minimum Gasteiger partial charge on any atom is -0.343 e. The number of hydrogen-bond donors (Lipinski definition) is 0. The molecule has 0 atom stereocenters. The Kier molecular flexibility index (Phi) is 7.91. The Bertz CT molecular complexity index is 917. The van der Waals surface area contributed by atoms with Gasteiger partial charge in [0.2, 0.25) is 15.9 Å². The molecule has 0 unspecified atom stereocenters. The fourth-order valence-electron chi connectivity index (χ4n) is 3.17. The summed E-state index contributed by atoms with van der Waals surface area (Å²) >= 11 is 1.39. The normalized spacial score (nSPS) is 12.1. The fraction of sp³-hybridized carbons (Fsp3) is 0.579. The number of hydrogen-bond acceptors (Lipinski definition) is 5. The van der Waals surface area contributed by atoms with Crippen molar-refractivity contribution in [2.75, 3.05) is 31.9 Å². The molecule has 0 aliphatic carbocycles. The maximum Gasteiger partial charge on any atom is 0.243 e. The van der Waals surface area contributed by atoms with Crippen LogP contribution in [-0.4, -0.2) is 65.0 Å². The minimum atomic E-state index is -3.53. The lowest BCUT2D eigenvalue weighted by atomic mass is 10.3. The third kappa shape index (κ3) is 4.52. The van der Waals surface area contributed by atoms with Crippen LogP contribution < -0.4 is 0 Å². The van der Waals surface area contributed by atoms with Gasteiger partial charge in [0.05, 0.1) is 21.7 Å². The van der Waals surface area contributed by atoms with Crippen molar-refractivity contribution in [1.82, 2.24) is 18.8 Å². The number of rotatable bonds is 10. The molecule has 1 aromatic carbocycles. The van der Waals surface area contributed by atoms with Gasteiger partial charge >= 0.3 is 0 Å². The molecular formula is C19H30N4O3S2. The van der Waals surface area contributed by atoms with E-state index in [-0.39, 0.29) is 10.8 Å². The van der Waals surface area contributed by atoms with E-state index < -0.39 is 10.0 Å². The number of nitrogens with zero attached hydrogens (tertiary/aromatic N) is 4. The fourth-order valence-corrected chi connectivity index (χ4v) is 5.63. The quantitative estimate of drug-likeness (QED) is 0.546. The van der Waals surface area contributed by atoms with Crippen LogP contribution in [0.3, 0.4) is 0 Å². The summed E-state index contributed by atoms with van der Waals surface area (Å²) in [7, 11) is -3.53. The molecule has 0 radical (unpaired) electrons. The highest BCUT2D eigenvalue weighted by Crippen LogP contribution is 2.27. The first-order valence-corrected chi connectivity index (χ1v) is 12.2. The van der Waals surface area contributed by atoms with Crippen molar-refractivity contribution in [3.8, 4) is 0 Å². The molecule has 0 saturated heterocycles.